The maximum Gasteiger partial charge on any atom is 0.271 e. The Morgan fingerprint density at radius 2 is 1.67 bits per heavy atom. The van der Waals surface area contributed by atoms with Gasteiger partial charge in [-0.1, -0.05) is 60.7 Å². The highest BCUT2D eigenvalue weighted by Gasteiger charge is 2.47. The number of nitrogens with one attached hydrogen (secondary N) is 1. The van der Waals surface area contributed by atoms with Crippen LogP contribution < -0.4 is 5.32 Å². The fraction of sp³-hybridized carbons (Fsp3) is 0.185. The summed E-state index contributed by atoms with van der Waals surface area (Å²) in [5.74, 6) is -0.795. The topological polar surface area (TPSA) is 54.3 Å². The first-order chi connectivity index (χ1) is 16.0. The molecule has 0 bridgehead atoms. The monoisotopic (exact) mass is 441 g/mol. The lowest BCUT2D eigenvalue weighted by Gasteiger charge is -2.44. The molecule has 1 aliphatic rings. The predicted molar refractivity (Wildman–Crippen MR) is 125 cm³/mol. The molecular weight excluding hydrogens is 417 g/mol. The number of para-hydroxylation sites is 1. The minimum absolute atomic E-state index is 0.204. The van der Waals surface area contributed by atoms with Crippen LogP contribution in [0.4, 0.5) is 4.39 Å². The fourth-order valence-electron chi connectivity index (χ4n) is 4.50. The van der Waals surface area contributed by atoms with E-state index in [4.69, 9.17) is 0 Å². The van der Waals surface area contributed by atoms with Crippen molar-refractivity contribution in [1.82, 2.24) is 14.8 Å². The van der Waals surface area contributed by atoms with Crippen molar-refractivity contribution in [1.29, 1.82) is 0 Å². The largest absolute Gasteiger partial charge is 0.350 e. The van der Waals surface area contributed by atoms with Crippen molar-refractivity contribution in [2.24, 2.45) is 0 Å². The van der Waals surface area contributed by atoms with Crippen LogP contribution in [-0.2, 0) is 24.4 Å². The molecule has 0 spiro atoms. The number of carbonyl (C=O) groups excluding carboxylic acids is 2. The van der Waals surface area contributed by atoms with Gasteiger partial charge in [-0.3, -0.25) is 9.59 Å². The standard InChI is InChI=1S/C27H24FN3O2/c1-27(26(33)29-16-19-7-3-2-4-8-19)18-30-23-10-6-5-9-21(23)15-24(30)25(32)31(27)17-20-11-13-22(28)14-12-20/h2-15H,16-18H2,1H3,(H,29,33)/t27-/m0/s1. The maximum absolute atomic E-state index is 13.7. The van der Waals surface area contributed by atoms with E-state index in [1.165, 1.54) is 12.1 Å². The van der Waals surface area contributed by atoms with Crippen molar-refractivity contribution < 1.29 is 14.0 Å². The van der Waals surface area contributed by atoms with Crippen LogP contribution >= 0.6 is 0 Å². The second-order valence-electron chi connectivity index (χ2n) is 8.63. The van der Waals surface area contributed by atoms with E-state index in [1.54, 1.807) is 24.0 Å². The molecule has 6 heteroatoms. The number of benzene rings is 3. The molecule has 1 atom stereocenters. The van der Waals surface area contributed by atoms with E-state index < -0.39 is 5.54 Å². The molecule has 1 N–H and O–H groups in total. The van der Waals surface area contributed by atoms with E-state index in [9.17, 15) is 14.0 Å². The summed E-state index contributed by atoms with van der Waals surface area (Å²) >= 11 is 0. The van der Waals surface area contributed by atoms with Crippen LogP contribution in [0.3, 0.4) is 0 Å². The van der Waals surface area contributed by atoms with Gasteiger partial charge in [0.1, 0.15) is 17.1 Å². The van der Waals surface area contributed by atoms with Crippen LogP contribution in [0, 0.1) is 5.82 Å². The van der Waals surface area contributed by atoms with Crippen LogP contribution in [-0.4, -0.2) is 26.8 Å². The Morgan fingerprint density at radius 1 is 0.970 bits per heavy atom. The van der Waals surface area contributed by atoms with Gasteiger partial charge in [0.05, 0.1) is 6.54 Å². The van der Waals surface area contributed by atoms with Gasteiger partial charge in [0, 0.05) is 24.0 Å². The molecule has 0 aliphatic carbocycles. The Kier molecular flexibility index (Phi) is 5.21. The molecule has 1 aromatic heterocycles. The van der Waals surface area contributed by atoms with E-state index in [1.807, 2.05) is 65.2 Å². The molecule has 0 saturated carbocycles. The summed E-state index contributed by atoms with van der Waals surface area (Å²) in [5, 5.41) is 3.97. The first kappa shape index (κ1) is 20.9. The third-order valence-electron chi connectivity index (χ3n) is 6.38. The van der Waals surface area contributed by atoms with E-state index in [-0.39, 0.29) is 24.2 Å². The Labute approximate surface area is 191 Å². The molecule has 0 saturated heterocycles. The van der Waals surface area contributed by atoms with Crippen LogP contribution in [0.25, 0.3) is 10.9 Å². The molecule has 166 valence electrons. The lowest BCUT2D eigenvalue weighted by Crippen LogP contribution is -2.63. The second kappa shape index (κ2) is 8.20. The number of rotatable bonds is 5. The lowest BCUT2D eigenvalue weighted by molar-refractivity contribution is -0.133. The quantitative estimate of drug-likeness (QED) is 0.495. The molecule has 3 aromatic carbocycles. The van der Waals surface area contributed by atoms with Gasteiger partial charge in [0.15, 0.2) is 0 Å². The van der Waals surface area contributed by atoms with Gasteiger partial charge in [-0.05, 0) is 42.3 Å². The number of hydrogen-bond acceptors (Lipinski definition) is 2. The zero-order valence-corrected chi connectivity index (χ0v) is 18.3. The van der Waals surface area contributed by atoms with Crippen molar-refractivity contribution in [2.45, 2.75) is 32.1 Å². The summed E-state index contributed by atoms with van der Waals surface area (Å²) < 4.78 is 15.4. The normalized spacial score (nSPS) is 17.8. The molecular formula is C27H24FN3O2. The van der Waals surface area contributed by atoms with Crippen molar-refractivity contribution in [2.75, 3.05) is 0 Å². The number of fused-ring (bicyclic) bond motifs is 3. The number of halogens is 1. The van der Waals surface area contributed by atoms with Gasteiger partial charge < -0.3 is 14.8 Å². The summed E-state index contributed by atoms with van der Waals surface area (Å²) in [6, 6.07) is 25.4. The zero-order valence-electron chi connectivity index (χ0n) is 18.3. The molecule has 2 amide bonds. The van der Waals surface area contributed by atoms with E-state index in [0.29, 0.717) is 18.8 Å². The van der Waals surface area contributed by atoms with Gasteiger partial charge in [-0.15, -0.1) is 0 Å². The Hall–Kier alpha value is -3.93. The molecule has 0 fully saturated rings. The number of carbonyl (C=O) groups is 2. The van der Waals surface area contributed by atoms with Crippen LogP contribution in [0.1, 0.15) is 28.5 Å². The summed E-state index contributed by atoms with van der Waals surface area (Å²) in [6.07, 6.45) is 0. The second-order valence-corrected chi connectivity index (χ2v) is 8.63. The Balaban J connectivity index is 1.53. The number of aromatic nitrogens is 1. The summed E-state index contributed by atoms with van der Waals surface area (Å²) in [5.41, 5.74) is 2.08. The van der Waals surface area contributed by atoms with Crippen molar-refractivity contribution in [3.8, 4) is 0 Å². The molecule has 0 radical (unpaired) electrons. The van der Waals surface area contributed by atoms with Gasteiger partial charge >= 0.3 is 0 Å². The minimum Gasteiger partial charge on any atom is -0.350 e. The smallest absolute Gasteiger partial charge is 0.271 e. The van der Waals surface area contributed by atoms with E-state index in [2.05, 4.69) is 5.32 Å². The van der Waals surface area contributed by atoms with Crippen LogP contribution in [0.2, 0.25) is 0 Å². The highest BCUT2D eigenvalue weighted by Crippen LogP contribution is 2.33. The highest BCUT2D eigenvalue weighted by molar-refractivity contribution is 6.03. The van der Waals surface area contributed by atoms with Crippen molar-refractivity contribution in [3.05, 3.63) is 108 Å². The van der Waals surface area contributed by atoms with Gasteiger partial charge in [0.25, 0.3) is 5.91 Å². The van der Waals surface area contributed by atoms with Crippen LogP contribution in [0.15, 0.2) is 84.9 Å². The first-order valence-electron chi connectivity index (χ1n) is 10.9. The lowest BCUT2D eigenvalue weighted by atomic mass is 9.93. The number of hydrogen-bond donors (Lipinski definition) is 1. The molecule has 33 heavy (non-hydrogen) atoms. The van der Waals surface area contributed by atoms with Crippen molar-refractivity contribution >= 4 is 22.7 Å². The van der Waals surface area contributed by atoms with Gasteiger partial charge in [-0.25, -0.2) is 4.39 Å². The zero-order chi connectivity index (χ0) is 23.0. The molecule has 0 unspecified atom stereocenters. The minimum atomic E-state index is -1.13. The molecule has 2 heterocycles. The van der Waals surface area contributed by atoms with Gasteiger partial charge in [-0.2, -0.15) is 0 Å². The van der Waals surface area contributed by atoms with Crippen LogP contribution in [0.5, 0.6) is 0 Å². The third-order valence-corrected chi connectivity index (χ3v) is 6.38. The summed E-state index contributed by atoms with van der Waals surface area (Å²) in [6.45, 7) is 2.69. The number of nitrogens with zero attached hydrogens (tertiary/aromatic N) is 2. The SMILES string of the molecule is C[C@@]1(C(=O)NCc2ccccc2)Cn2c(cc3ccccc32)C(=O)N1Cc1ccc(F)cc1. The maximum atomic E-state index is 13.7. The average molecular weight is 442 g/mol. The third kappa shape index (κ3) is 3.78. The molecule has 4 aromatic rings. The Bertz CT molecular complexity index is 1330. The van der Waals surface area contributed by atoms with E-state index in [0.717, 1.165) is 22.0 Å². The summed E-state index contributed by atoms with van der Waals surface area (Å²) in [7, 11) is 0. The highest BCUT2D eigenvalue weighted by atomic mass is 19.1. The predicted octanol–water partition coefficient (Wildman–Crippen LogP) is 4.51. The van der Waals surface area contributed by atoms with Gasteiger partial charge in [0.2, 0.25) is 5.91 Å². The molecule has 1 aliphatic heterocycles. The van der Waals surface area contributed by atoms with Crippen molar-refractivity contribution in [3.63, 3.8) is 0 Å². The Morgan fingerprint density at radius 3 is 2.42 bits per heavy atom. The first-order valence-corrected chi connectivity index (χ1v) is 10.9. The number of amides is 2. The summed E-state index contributed by atoms with van der Waals surface area (Å²) in [4.78, 5) is 28.9. The molecule has 5 nitrogen and oxygen atoms in total. The fourth-order valence-corrected chi connectivity index (χ4v) is 4.50. The molecule has 5 rings (SSSR count). The van der Waals surface area contributed by atoms with E-state index >= 15 is 0 Å². The average Bonchev–Trinajstić information content (AvgIpc) is 3.20.